The van der Waals surface area contributed by atoms with Gasteiger partial charge in [0.05, 0.1) is 0 Å². The number of fused-ring (bicyclic) bond motifs is 1. The lowest BCUT2D eigenvalue weighted by Gasteiger charge is -2.18. The van der Waals surface area contributed by atoms with E-state index < -0.39 is 0 Å². The third-order valence-electron chi connectivity index (χ3n) is 4.72. The van der Waals surface area contributed by atoms with Crippen LogP contribution < -0.4 is 0 Å². The van der Waals surface area contributed by atoms with E-state index >= 15 is 0 Å². The minimum Gasteiger partial charge on any atom is -0.396 e. The van der Waals surface area contributed by atoms with Gasteiger partial charge in [0, 0.05) is 17.7 Å². The van der Waals surface area contributed by atoms with Crippen LogP contribution in [0.5, 0.6) is 0 Å². The van der Waals surface area contributed by atoms with Gasteiger partial charge in [-0.25, -0.2) is 0 Å². The molecule has 1 atom stereocenters. The monoisotopic (exact) mass is 326 g/mol. The Morgan fingerprint density at radius 1 is 1.08 bits per heavy atom. The molecule has 0 aliphatic heterocycles. The van der Waals surface area contributed by atoms with Gasteiger partial charge in [0.25, 0.3) is 0 Å². The summed E-state index contributed by atoms with van der Waals surface area (Å²) in [7, 11) is 0. The summed E-state index contributed by atoms with van der Waals surface area (Å²) in [4.78, 5) is 23.8. The molecule has 1 aliphatic carbocycles. The first-order valence-electron chi connectivity index (χ1n) is 8.60. The Hall–Kier alpha value is -2.00. The van der Waals surface area contributed by atoms with Crippen molar-refractivity contribution in [3.05, 3.63) is 58.2 Å². The van der Waals surface area contributed by atoms with E-state index in [9.17, 15) is 9.59 Å². The molecular formula is C21H26O3. The maximum Gasteiger partial charge on any atom is 0.186 e. The zero-order valence-electron chi connectivity index (χ0n) is 14.8. The zero-order valence-corrected chi connectivity index (χ0v) is 14.8. The highest BCUT2D eigenvalue weighted by atomic mass is 16.2. The third-order valence-corrected chi connectivity index (χ3v) is 4.72. The molecule has 0 saturated carbocycles. The van der Waals surface area contributed by atoms with Crippen LogP contribution >= 0.6 is 0 Å². The normalized spacial score (nSPS) is 14.5. The van der Waals surface area contributed by atoms with Gasteiger partial charge in [-0.15, -0.1) is 0 Å². The van der Waals surface area contributed by atoms with Crippen molar-refractivity contribution in [2.45, 2.75) is 46.5 Å². The highest BCUT2D eigenvalue weighted by Gasteiger charge is 2.19. The Bertz CT molecular complexity index is 691. The van der Waals surface area contributed by atoms with Gasteiger partial charge in [0.15, 0.2) is 11.6 Å². The van der Waals surface area contributed by atoms with Crippen molar-refractivity contribution >= 4 is 11.6 Å². The molecule has 1 N–H and O–H groups in total. The number of benzene rings is 1. The highest BCUT2D eigenvalue weighted by molar-refractivity contribution is 6.22. The van der Waals surface area contributed by atoms with Gasteiger partial charge in [-0.2, -0.15) is 0 Å². The summed E-state index contributed by atoms with van der Waals surface area (Å²) >= 11 is 0. The third kappa shape index (κ3) is 4.30. The largest absolute Gasteiger partial charge is 0.396 e. The Balaban J connectivity index is 2.12. The van der Waals surface area contributed by atoms with E-state index in [1.165, 1.54) is 23.3 Å². The summed E-state index contributed by atoms with van der Waals surface area (Å²) in [6.07, 6.45) is 6.29. The van der Waals surface area contributed by atoms with Crippen molar-refractivity contribution in [1.29, 1.82) is 0 Å². The van der Waals surface area contributed by atoms with Crippen LogP contribution in [0.25, 0.3) is 0 Å². The summed E-state index contributed by atoms with van der Waals surface area (Å²) in [6, 6.07) is 5.58. The second kappa shape index (κ2) is 8.20. The van der Waals surface area contributed by atoms with E-state index in [-0.39, 0.29) is 18.2 Å². The fraction of sp³-hybridized carbons (Fsp3) is 0.429. The molecule has 1 aromatic carbocycles. The van der Waals surface area contributed by atoms with E-state index in [4.69, 9.17) is 5.11 Å². The molecule has 1 unspecified atom stereocenters. The molecular weight excluding hydrogens is 300 g/mol. The number of aliphatic hydroxyl groups excluding tert-OH is 1. The van der Waals surface area contributed by atoms with Gasteiger partial charge in [0.1, 0.15) is 0 Å². The predicted molar refractivity (Wildman–Crippen MR) is 96.4 cm³/mol. The Labute approximate surface area is 144 Å². The number of carbonyl (C=O) groups excluding carboxylic acids is 2. The van der Waals surface area contributed by atoms with Gasteiger partial charge < -0.3 is 5.11 Å². The summed E-state index contributed by atoms with van der Waals surface area (Å²) in [5, 5.41) is 9.02. The molecule has 0 saturated heterocycles. The van der Waals surface area contributed by atoms with Crippen LogP contribution in [0.3, 0.4) is 0 Å². The van der Waals surface area contributed by atoms with Crippen LogP contribution in [-0.2, 0) is 6.42 Å². The minimum atomic E-state index is -0.0984. The van der Waals surface area contributed by atoms with Crippen molar-refractivity contribution in [3.8, 4) is 0 Å². The van der Waals surface area contributed by atoms with E-state index in [1.807, 2.05) is 12.1 Å². The lowest BCUT2D eigenvalue weighted by Crippen LogP contribution is -2.12. The first kappa shape index (κ1) is 18.3. The maximum atomic E-state index is 12.0. The fourth-order valence-corrected chi connectivity index (χ4v) is 3.34. The topological polar surface area (TPSA) is 54.4 Å². The van der Waals surface area contributed by atoms with E-state index in [1.54, 1.807) is 6.07 Å². The van der Waals surface area contributed by atoms with Crippen LogP contribution in [0.2, 0.25) is 0 Å². The molecule has 1 aromatic rings. The van der Waals surface area contributed by atoms with Crippen LogP contribution in [0.4, 0.5) is 0 Å². The average molecular weight is 326 g/mol. The van der Waals surface area contributed by atoms with E-state index in [0.29, 0.717) is 17.0 Å². The first-order valence-corrected chi connectivity index (χ1v) is 8.60. The Morgan fingerprint density at radius 2 is 1.75 bits per heavy atom. The van der Waals surface area contributed by atoms with E-state index in [0.717, 1.165) is 31.2 Å². The number of hydrogen-bond donors (Lipinski definition) is 1. The van der Waals surface area contributed by atoms with Crippen molar-refractivity contribution in [2.75, 3.05) is 6.61 Å². The second-order valence-corrected chi connectivity index (χ2v) is 6.73. The van der Waals surface area contributed by atoms with Crippen LogP contribution in [-0.4, -0.2) is 23.3 Å². The standard InChI is InChI=1S/C21H26O3/c1-14(2)17(15(3)5-4-12-22)8-6-16-7-9-18-19(13-16)21(24)11-10-20(18)23/h7,9-11,13,15,22H,4-6,8,12H2,1-3H3. The summed E-state index contributed by atoms with van der Waals surface area (Å²) in [6.45, 7) is 6.70. The van der Waals surface area contributed by atoms with Crippen molar-refractivity contribution in [1.82, 2.24) is 0 Å². The predicted octanol–water partition coefficient (Wildman–Crippen LogP) is 4.30. The van der Waals surface area contributed by atoms with Crippen molar-refractivity contribution < 1.29 is 14.7 Å². The molecule has 0 heterocycles. The van der Waals surface area contributed by atoms with Gasteiger partial charge >= 0.3 is 0 Å². The fourth-order valence-electron chi connectivity index (χ4n) is 3.34. The summed E-state index contributed by atoms with van der Waals surface area (Å²) < 4.78 is 0. The number of rotatable bonds is 7. The maximum absolute atomic E-state index is 12.0. The van der Waals surface area contributed by atoms with Gasteiger partial charge in [0.2, 0.25) is 0 Å². The lowest BCUT2D eigenvalue weighted by atomic mass is 9.87. The number of carbonyl (C=O) groups is 2. The summed E-state index contributed by atoms with van der Waals surface area (Å²) in [5.74, 6) is 0.259. The molecule has 2 rings (SSSR count). The average Bonchev–Trinajstić information content (AvgIpc) is 2.56. The number of aryl methyl sites for hydroxylation is 1. The number of ketones is 2. The van der Waals surface area contributed by atoms with E-state index in [2.05, 4.69) is 20.8 Å². The first-order chi connectivity index (χ1) is 11.4. The van der Waals surface area contributed by atoms with Gasteiger partial charge in [-0.3, -0.25) is 9.59 Å². The molecule has 24 heavy (non-hydrogen) atoms. The van der Waals surface area contributed by atoms with Crippen molar-refractivity contribution in [3.63, 3.8) is 0 Å². The smallest absolute Gasteiger partial charge is 0.186 e. The number of aliphatic hydroxyl groups is 1. The molecule has 0 aromatic heterocycles. The second-order valence-electron chi connectivity index (χ2n) is 6.73. The molecule has 0 bridgehead atoms. The Morgan fingerprint density at radius 3 is 2.38 bits per heavy atom. The molecule has 0 radical (unpaired) electrons. The Kier molecular flexibility index (Phi) is 6.27. The number of hydrogen-bond acceptors (Lipinski definition) is 3. The highest BCUT2D eigenvalue weighted by Crippen LogP contribution is 2.26. The zero-order chi connectivity index (χ0) is 17.7. The summed E-state index contributed by atoms with van der Waals surface area (Å²) in [5.41, 5.74) is 4.85. The quantitative estimate of drug-likeness (QED) is 0.760. The minimum absolute atomic E-state index is 0.0924. The molecule has 3 nitrogen and oxygen atoms in total. The van der Waals surface area contributed by atoms with Crippen LogP contribution in [0.15, 0.2) is 41.5 Å². The molecule has 0 fully saturated rings. The van der Waals surface area contributed by atoms with Crippen LogP contribution in [0.1, 0.15) is 66.3 Å². The molecule has 0 spiro atoms. The van der Waals surface area contributed by atoms with Gasteiger partial charge in [-0.1, -0.05) is 30.2 Å². The molecule has 3 heteroatoms. The number of allylic oxidation sites excluding steroid dienone is 4. The van der Waals surface area contributed by atoms with Crippen LogP contribution in [0, 0.1) is 5.92 Å². The SMILES string of the molecule is CC(C)=C(CCc1ccc2c(c1)C(=O)C=CC2=O)C(C)CCCO. The molecule has 128 valence electrons. The molecule has 0 amide bonds. The lowest BCUT2D eigenvalue weighted by molar-refractivity contribution is 0.0994. The molecule has 1 aliphatic rings. The van der Waals surface area contributed by atoms with Crippen molar-refractivity contribution in [2.24, 2.45) is 5.92 Å². The van der Waals surface area contributed by atoms with Gasteiger partial charge in [-0.05, 0) is 69.2 Å².